The van der Waals surface area contributed by atoms with E-state index in [2.05, 4.69) is 10.2 Å². The van der Waals surface area contributed by atoms with E-state index in [-0.39, 0.29) is 16.6 Å². The third kappa shape index (κ3) is 4.40. The van der Waals surface area contributed by atoms with Crippen molar-refractivity contribution in [1.82, 2.24) is 4.31 Å². The molecule has 0 spiro atoms. The molecule has 7 nitrogen and oxygen atoms in total. The molecule has 2 aromatic carbocycles. The highest BCUT2D eigenvalue weighted by molar-refractivity contribution is 7.89. The first-order valence-electron chi connectivity index (χ1n) is 9.01. The number of Topliss-reactive ketones (excluding diaryl/α,β-unsaturated/α-hetero) is 1. The molecule has 0 aromatic heterocycles. The Hall–Kier alpha value is -2.71. The molecule has 0 atom stereocenters. The summed E-state index contributed by atoms with van der Waals surface area (Å²) in [5.74, 6) is -0.185. The predicted octanol–water partition coefficient (Wildman–Crippen LogP) is 2.36. The molecule has 1 N–H and O–H groups in total. The molecule has 0 radical (unpaired) electrons. The van der Waals surface area contributed by atoms with Crippen LogP contribution < -0.4 is 10.2 Å². The number of hydrogen-bond donors (Lipinski definition) is 1. The number of carbonyl (C=O) groups is 2. The maximum absolute atomic E-state index is 12.9. The summed E-state index contributed by atoms with van der Waals surface area (Å²) in [5.41, 5.74) is 2.19. The van der Waals surface area contributed by atoms with E-state index in [0.29, 0.717) is 37.4 Å². The van der Waals surface area contributed by atoms with Gasteiger partial charge in [0.2, 0.25) is 15.9 Å². The van der Waals surface area contributed by atoms with E-state index < -0.39 is 10.0 Å². The minimum Gasteiger partial charge on any atom is -0.369 e. The number of benzene rings is 2. The van der Waals surface area contributed by atoms with E-state index in [4.69, 9.17) is 0 Å². The molecule has 0 saturated carbocycles. The number of rotatable bonds is 5. The second-order valence-corrected chi connectivity index (χ2v) is 8.64. The van der Waals surface area contributed by atoms with Crippen LogP contribution in [0.3, 0.4) is 0 Å². The van der Waals surface area contributed by atoms with Crippen LogP contribution >= 0.6 is 0 Å². The molecule has 1 aliphatic rings. The first kappa shape index (κ1) is 20.0. The normalized spacial score (nSPS) is 15.3. The Labute approximate surface area is 165 Å². The Morgan fingerprint density at radius 3 is 1.93 bits per heavy atom. The van der Waals surface area contributed by atoms with Crippen LogP contribution in [0.1, 0.15) is 24.2 Å². The number of nitrogens with zero attached hydrogens (tertiary/aromatic N) is 2. The van der Waals surface area contributed by atoms with Gasteiger partial charge < -0.3 is 10.2 Å². The van der Waals surface area contributed by atoms with Crippen molar-refractivity contribution in [2.75, 3.05) is 36.4 Å². The zero-order valence-electron chi connectivity index (χ0n) is 15.9. The van der Waals surface area contributed by atoms with Crippen molar-refractivity contribution < 1.29 is 18.0 Å². The molecular weight excluding hydrogens is 378 g/mol. The zero-order chi connectivity index (χ0) is 20.3. The van der Waals surface area contributed by atoms with Crippen molar-refractivity contribution in [1.29, 1.82) is 0 Å². The molecule has 1 fully saturated rings. The van der Waals surface area contributed by atoms with Crippen LogP contribution in [0.4, 0.5) is 11.4 Å². The first-order valence-corrected chi connectivity index (χ1v) is 10.4. The SMILES string of the molecule is CC(=O)Nc1ccc(S(=O)(=O)N2CCN(c3ccc(C(C)=O)cc3)CC2)cc1. The summed E-state index contributed by atoms with van der Waals surface area (Å²) in [4.78, 5) is 24.8. The van der Waals surface area contributed by atoms with Crippen LogP contribution in [0.2, 0.25) is 0 Å². The van der Waals surface area contributed by atoms with Crippen LogP contribution in [0.15, 0.2) is 53.4 Å². The molecular formula is C20H23N3O4S. The highest BCUT2D eigenvalue weighted by atomic mass is 32.2. The van der Waals surface area contributed by atoms with Crippen LogP contribution in [-0.4, -0.2) is 50.6 Å². The van der Waals surface area contributed by atoms with E-state index in [1.165, 1.54) is 30.3 Å². The Morgan fingerprint density at radius 2 is 1.43 bits per heavy atom. The van der Waals surface area contributed by atoms with Gasteiger partial charge in [0.15, 0.2) is 5.78 Å². The quantitative estimate of drug-likeness (QED) is 0.778. The Balaban J connectivity index is 1.66. The lowest BCUT2D eigenvalue weighted by atomic mass is 10.1. The van der Waals surface area contributed by atoms with Crippen molar-refractivity contribution in [2.24, 2.45) is 0 Å². The topological polar surface area (TPSA) is 86.8 Å². The molecule has 148 valence electrons. The fourth-order valence-corrected chi connectivity index (χ4v) is 4.58. The number of carbonyl (C=O) groups excluding carboxylic acids is 2. The van der Waals surface area contributed by atoms with E-state index >= 15 is 0 Å². The summed E-state index contributed by atoms with van der Waals surface area (Å²) in [6, 6.07) is 13.5. The van der Waals surface area contributed by atoms with Crippen LogP contribution in [0.5, 0.6) is 0 Å². The van der Waals surface area contributed by atoms with Gasteiger partial charge in [-0.1, -0.05) is 0 Å². The average Bonchev–Trinajstić information content (AvgIpc) is 2.68. The second kappa shape index (κ2) is 8.12. The molecule has 1 heterocycles. The lowest BCUT2D eigenvalue weighted by Crippen LogP contribution is -2.48. The molecule has 2 aromatic rings. The number of anilines is 2. The highest BCUT2D eigenvalue weighted by Gasteiger charge is 2.28. The Bertz CT molecular complexity index is 962. The van der Waals surface area contributed by atoms with Gasteiger partial charge in [0.25, 0.3) is 0 Å². The first-order chi connectivity index (χ1) is 13.3. The van der Waals surface area contributed by atoms with Gasteiger partial charge in [0.1, 0.15) is 0 Å². The van der Waals surface area contributed by atoms with E-state index in [1.807, 2.05) is 12.1 Å². The van der Waals surface area contributed by atoms with Gasteiger partial charge in [0, 0.05) is 50.0 Å². The maximum atomic E-state index is 12.9. The molecule has 0 bridgehead atoms. The number of amides is 1. The Morgan fingerprint density at radius 1 is 0.857 bits per heavy atom. The highest BCUT2D eigenvalue weighted by Crippen LogP contribution is 2.22. The van der Waals surface area contributed by atoms with Crippen molar-refractivity contribution in [2.45, 2.75) is 18.7 Å². The van der Waals surface area contributed by atoms with Crippen LogP contribution in [-0.2, 0) is 14.8 Å². The van der Waals surface area contributed by atoms with Crippen molar-refractivity contribution in [3.05, 3.63) is 54.1 Å². The fraction of sp³-hybridized carbons (Fsp3) is 0.300. The van der Waals surface area contributed by atoms with Crippen molar-refractivity contribution in [3.8, 4) is 0 Å². The third-order valence-corrected chi connectivity index (χ3v) is 6.60. The fourth-order valence-electron chi connectivity index (χ4n) is 3.16. The lowest BCUT2D eigenvalue weighted by molar-refractivity contribution is -0.114. The number of nitrogens with one attached hydrogen (secondary N) is 1. The summed E-state index contributed by atoms with van der Waals surface area (Å²) in [7, 11) is -3.58. The van der Waals surface area contributed by atoms with Gasteiger partial charge in [0.05, 0.1) is 4.90 Å². The van der Waals surface area contributed by atoms with Crippen molar-refractivity contribution in [3.63, 3.8) is 0 Å². The van der Waals surface area contributed by atoms with Gasteiger partial charge in [-0.2, -0.15) is 4.31 Å². The molecule has 0 aliphatic carbocycles. The van der Waals surface area contributed by atoms with E-state index in [0.717, 1.165) is 5.69 Å². The van der Waals surface area contributed by atoms with Gasteiger partial charge in [-0.25, -0.2) is 8.42 Å². The molecule has 28 heavy (non-hydrogen) atoms. The van der Waals surface area contributed by atoms with Gasteiger partial charge in [-0.3, -0.25) is 9.59 Å². The average molecular weight is 401 g/mol. The molecule has 3 rings (SSSR count). The van der Waals surface area contributed by atoms with E-state index in [1.54, 1.807) is 24.3 Å². The summed E-state index contributed by atoms with van der Waals surface area (Å²) >= 11 is 0. The number of sulfonamides is 1. The Kier molecular flexibility index (Phi) is 5.81. The molecule has 8 heteroatoms. The summed E-state index contributed by atoms with van der Waals surface area (Å²) in [6.45, 7) is 4.83. The summed E-state index contributed by atoms with van der Waals surface area (Å²) in [5, 5.41) is 2.62. The molecule has 1 aliphatic heterocycles. The predicted molar refractivity (Wildman–Crippen MR) is 108 cm³/mol. The monoisotopic (exact) mass is 401 g/mol. The van der Waals surface area contributed by atoms with Gasteiger partial charge in [-0.05, 0) is 55.5 Å². The molecule has 0 unspecified atom stereocenters. The zero-order valence-corrected chi connectivity index (χ0v) is 16.7. The number of hydrogen-bond acceptors (Lipinski definition) is 5. The third-order valence-electron chi connectivity index (χ3n) is 4.69. The summed E-state index contributed by atoms with van der Waals surface area (Å²) < 4.78 is 27.2. The minimum atomic E-state index is -3.58. The largest absolute Gasteiger partial charge is 0.369 e. The van der Waals surface area contributed by atoms with Gasteiger partial charge in [-0.15, -0.1) is 0 Å². The molecule has 1 saturated heterocycles. The standard InChI is InChI=1S/C20H23N3O4S/c1-15(24)17-3-7-19(8-4-17)22-11-13-23(14-12-22)28(26,27)20-9-5-18(6-10-20)21-16(2)25/h3-10H,11-14H2,1-2H3,(H,21,25). The van der Waals surface area contributed by atoms with Crippen molar-refractivity contribution >= 4 is 33.1 Å². The smallest absolute Gasteiger partial charge is 0.243 e. The summed E-state index contributed by atoms with van der Waals surface area (Å²) in [6.07, 6.45) is 0. The molecule has 1 amide bonds. The minimum absolute atomic E-state index is 0.0204. The second-order valence-electron chi connectivity index (χ2n) is 6.70. The van der Waals surface area contributed by atoms with Crippen LogP contribution in [0.25, 0.3) is 0 Å². The number of ketones is 1. The lowest BCUT2D eigenvalue weighted by Gasteiger charge is -2.35. The maximum Gasteiger partial charge on any atom is 0.243 e. The van der Waals surface area contributed by atoms with E-state index in [9.17, 15) is 18.0 Å². The van der Waals surface area contributed by atoms with Gasteiger partial charge >= 0.3 is 0 Å². The number of piperazine rings is 1. The van der Waals surface area contributed by atoms with Crippen LogP contribution in [0, 0.1) is 0 Å².